The second-order valence-corrected chi connectivity index (χ2v) is 8.00. The van der Waals surface area contributed by atoms with Gasteiger partial charge in [0.15, 0.2) is 0 Å². The summed E-state index contributed by atoms with van der Waals surface area (Å²) in [4.78, 5) is 26.8. The second kappa shape index (κ2) is 9.64. The monoisotopic (exact) mass is 399 g/mol. The maximum atomic E-state index is 12.5. The van der Waals surface area contributed by atoms with E-state index < -0.39 is 5.97 Å². The number of aromatic carboxylic acids is 1. The first-order valence-electron chi connectivity index (χ1n) is 9.42. The number of carbonyl (C=O) groups is 2. The molecule has 5 nitrogen and oxygen atoms in total. The van der Waals surface area contributed by atoms with Gasteiger partial charge in [-0.3, -0.25) is 4.79 Å². The number of likely N-dealkylation sites (tertiary alicyclic amines) is 1. The van der Waals surface area contributed by atoms with Crippen LogP contribution in [0.3, 0.4) is 0 Å². The van der Waals surface area contributed by atoms with Gasteiger partial charge in [0.05, 0.1) is 18.4 Å². The molecular weight excluding hydrogens is 374 g/mol. The number of hydrogen-bond donors (Lipinski definition) is 1. The highest BCUT2D eigenvalue weighted by Gasteiger charge is 2.24. The number of carboxylic acids is 1. The number of methoxy groups -OCH3 is 1. The summed E-state index contributed by atoms with van der Waals surface area (Å²) in [5.74, 6) is 0.934. The molecule has 2 aromatic carbocycles. The minimum atomic E-state index is -0.876. The molecule has 148 valence electrons. The van der Waals surface area contributed by atoms with E-state index >= 15 is 0 Å². The fourth-order valence-electron chi connectivity index (χ4n) is 3.51. The fourth-order valence-corrected chi connectivity index (χ4v) is 4.31. The molecule has 0 unspecified atom stereocenters. The molecule has 0 radical (unpaired) electrons. The SMILES string of the molecule is COc1ccc(SCC(=O)N2CCC(Cc3ccccc3C(=O)O)CC2)cc1. The Morgan fingerprint density at radius 1 is 1.11 bits per heavy atom. The van der Waals surface area contributed by atoms with Gasteiger partial charge in [0.1, 0.15) is 5.75 Å². The molecule has 2 aromatic rings. The Balaban J connectivity index is 1.47. The van der Waals surface area contributed by atoms with Gasteiger partial charge in [0.2, 0.25) is 5.91 Å². The number of amides is 1. The van der Waals surface area contributed by atoms with E-state index in [1.807, 2.05) is 41.3 Å². The van der Waals surface area contributed by atoms with Crippen LogP contribution in [0.5, 0.6) is 5.75 Å². The van der Waals surface area contributed by atoms with E-state index in [1.54, 1.807) is 19.2 Å². The van der Waals surface area contributed by atoms with Crippen molar-refractivity contribution in [1.29, 1.82) is 0 Å². The van der Waals surface area contributed by atoms with Crippen LogP contribution in [0, 0.1) is 5.92 Å². The van der Waals surface area contributed by atoms with E-state index in [2.05, 4.69) is 0 Å². The third-order valence-electron chi connectivity index (χ3n) is 5.15. The predicted molar refractivity (Wildman–Crippen MR) is 110 cm³/mol. The summed E-state index contributed by atoms with van der Waals surface area (Å²) in [6, 6.07) is 14.9. The lowest BCUT2D eigenvalue weighted by Crippen LogP contribution is -2.39. The van der Waals surface area contributed by atoms with Gasteiger partial charge in [-0.25, -0.2) is 4.79 Å². The van der Waals surface area contributed by atoms with Crippen molar-refractivity contribution in [2.24, 2.45) is 5.92 Å². The van der Waals surface area contributed by atoms with E-state index in [0.29, 0.717) is 17.2 Å². The topological polar surface area (TPSA) is 66.8 Å². The summed E-state index contributed by atoms with van der Waals surface area (Å²) >= 11 is 1.54. The molecular formula is C22H25NO4S. The minimum Gasteiger partial charge on any atom is -0.497 e. The molecule has 28 heavy (non-hydrogen) atoms. The summed E-state index contributed by atoms with van der Waals surface area (Å²) in [6.45, 7) is 1.48. The first-order valence-corrected chi connectivity index (χ1v) is 10.4. The van der Waals surface area contributed by atoms with Gasteiger partial charge in [-0.05, 0) is 61.1 Å². The first-order chi connectivity index (χ1) is 13.6. The summed E-state index contributed by atoms with van der Waals surface area (Å²) < 4.78 is 5.15. The van der Waals surface area contributed by atoms with Gasteiger partial charge < -0.3 is 14.7 Å². The molecule has 0 spiro atoms. The molecule has 1 heterocycles. The maximum absolute atomic E-state index is 12.5. The Hall–Kier alpha value is -2.47. The Kier molecular flexibility index (Phi) is 6.98. The van der Waals surface area contributed by atoms with Gasteiger partial charge in [-0.15, -0.1) is 11.8 Å². The van der Waals surface area contributed by atoms with Crippen molar-refractivity contribution in [2.45, 2.75) is 24.2 Å². The lowest BCUT2D eigenvalue weighted by atomic mass is 9.88. The molecule has 1 aliphatic heterocycles. The summed E-state index contributed by atoms with van der Waals surface area (Å²) in [7, 11) is 1.63. The molecule has 0 atom stereocenters. The number of rotatable bonds is 7. The number of nitrogens with zero attached hydrogens (tertiary/aromatic N) is 1. The maximum Gasteiger partial charge on any atom is 0.335 e. The first kappa shape index (κ1) is 20.3. The zero-order valence-electron chi connectivity index (χ0n) is 16.0. The van der Waals surface area contributed by atoms with Crippen LogP contribution < -0.4 is 4.74 Å². The Bertz CT molecular complexity index is 814. The lowest BCUT2D eigenvalue weighted by Gasteiger charge is -2.32. The minimum absolute atomic E-state index is 0.158. The van der Waals surface area contributed by atoms with Crippen molar-refractivity contribution in [3.63, 3.8) is 0 Å². The molecule has 3 rings (SSSR count). The second-order valence-electron chi connectivity index (χ2n) is 6.95. The highest BCUT2D eigenvalue weighted by atomic mass is 32.2. The molecule has 1 amide bonds. The molecule has 1 saturated heterocycles. The van der Waals surface area contributed by atoms with Crippen molar-refractivity contribution in [2.75, 3.05) is 26.0 Å². The van der Waals surface area contributed by atoms with E-state index in [9.17, 15) is 14.7 Å². The Morgan fingerprint density at radius 2 is 1.79 bits per heavy atom. The zero-order valence-corrected chi connectivity index (χ0v) is 16.8. The standard InChI is InChI=1S/C22H25NO4S/c1-27-18-6-8-19(9-7-18)28-15-21(24)23-12-10-16(11-13-23)14-17-4-2-3-5-20(17)22(25)26/h2-9,16H,10-15H2,1H3,(H,25,26). The van der Waals surface area contributed by atoms with Crippen molar-refractivity contribution in [3.8, 4) is 5.75 Å². The van der Waals surface area contributed by atoms with Crippen LogP contribution in [-0.2, 0) is 11.2 Å². The number of thioether (sulfide) groups is 1. The fraction of sp³-hybridized carbons (Fsp3) is 0.364. The predicted octanol–water partition coefficient (Wildman–Crippen LogP) is 3.97. The zero-order chi connectivity index (χ0) is 19.9. The van der Waals surface area contributed by atoms with Crippen LogP contribution in [0.25, 0.3) is 0 Å². The number of carboxylic acid groups (broad SMARTS) is 1. The average Bonchev–Trinajstić information content (AvgIpc) is 2.73. The van der Waals surface area contributed by atoms with Crippen LogP contribution in [0.4, 0.5) is 0 Å². The summed E-state index contributed by atoms with van der Waals surface area (Å²) in [5, 5.41) is 9.33. The molecule has 1 aliphatic rings. The molecule has 0 aromatic heterocycles. The summed E-state index contributed by atoms with van der Waals surface area (Å²) in [5.41, 5.74) is 1.27. The van der Waals surface area contributed by atoms with Crippen molar-refractivity contribution >= 4 is 23.6 Å². The normalized spacial score (nSPS) is 14.7. The third-order valence-corrected chi connectivity index (χ3v) is 6.14. The molecule has 6 heteroatoms. The van der Waals surface area contributed by atoms with E-state index in [0.717, 1.165) is 48.6 Å². The van der Waals surface area contributed by atoms with Gasteiger partial charge in [0.25, 0.3) is 0 Å². The molecule has 0 bridgehead atoms. The molecule has 0 saturated carbocycles. The highest BCUT2D eigenvalue weighted by Crippen LogP contribution is 2.25. The van der Waals surface area contributed by atoms with Crippen LogP contribution in [0.2, 0.25) is 0 Å². The van der Waals surface area contributed by atoms with Gasteiger partial charge >= 0.3 is 5.97 Å². The molecule has 0 aliphatic carbocycles. The highest BCUT2D eigenvalue weighted by molar-refractivity contribution is 8.00. The molecule has 1 N–H and O–H groups in total. The number of hydrogen-bond acceptors (Lipinski definition) is 4. The van der Waals surface area contributed by atoms with Crippen molar-refractivity contribution < 1.29 is 19.4 Å². The van der Waals surface area contributed by atoms with Gasteiger partial charge in [0, 0.05) is 18.0 Å². The van der Waals surface area contributed by atoms with Gasteiger partial charge in [-0.2, -0.15) is 0 Å². The van der Waals surface area contributed by atoms with Gasteiger partial charge in [-0.1, -0.05) is 18.2 Å². The average molecular weight is 400 g/mol. The Morgan fingerprint density at radius 3 is 2.43 bits per heavy atom. The quantitative estimate of drug-likeness (QED) is 0.714. The van der Waals surface area contributed by atoms with E-state index in [4.69, 9.17) is 4.74 Å². The van der Waals surface area contributed by atoms with E-state index in [-0.39, 0.29) is 5.91 Å². The smallest absolute Gasteiger partial charge is 0.335 e. The summed E-state index contributed by atoms with van der Waals surface area (Å²) in [6.07, 6.45) is 2.57. The largest absolute Gasteiger partial charge is 0.497 e. The number of ether oxygens (including phenoxy) is 1. The van der Waals surface area contributed by atoms with E-state index in [1.165, 1.54) is 11.8 Å². The Labute approximate surface area is 169 Å². The van der Waals surface area contributed by atoms with Crippen LogP contribution in [0.1, 0.15) is 28.8 Å². The van der Waals surface area contributed by atoms with Crippen LogP contribution >= 0.6 is 11.8 Å². The number of benzene rings is 2. The van der Waals surface area contributed by atoms with Crippen molar-refractivity contribution in [3.05, 3.63) is 59.7 Å². The van der Waals surface area contributed by atoms with Crippen molar-refractivity contribution in [1.82, 2.24) is 4.90 Å². The molecule has 1 fully saturated rings. The third kappa shape index (κ3) is 5.29. The lowest BCUT2D eigenvalue weighted by molar-refractivity contribution is -0.129. The number of carbonyl (C=O) groups excluding carboxylic acids is 1. The van der Waals surface area contributed by atoms with Crippen LogP contribution in [-0.4, -0.2) is 47.8 Å². The van der Waals surface area contributed by atoms with Crippen LogP contribution in [0.15, 0.2) is 53.4 Å². The number of piperidine rings is 1.